The summed E-state index contributed by atoms with van der Waals surface area (Å²) in [4.78, 5) is 4.16. The van der Waals surface area contributed by atoms with Crippen molar-refractivity contribution in [3.05, 3.63) is 35.6 Å². The van der Waals surface area contributed by atoms with Crippen molar-refractivity contribution in [3.63, 3.8) is 0 Å². The molecule has 0 aliphatic rings. The number of amidine groups is 1. The molecule has 0 amide bonds. The first-order chi connectivity index (χ1) is 7.77. The van der Waals surface area contributed by atoms with E-state index in [0.717, 1.165) is 0 Å². The van der Waals surface area contributed by atoms with Crippen LogP contribution in [0.2, 0.25) is 0 Å². The molecule has 16 heavy (non-hydrogen) atoms. The predicted octanol–water partition coefficient (Wildman–Crippen LogP) is 0.876. The topological polar surface area (TPSA) is 59.6 Å². The van der Waals surface area contributed by atoms with Gasteiger partial charge in [-0.15, -0.1) is 0 Å². The van der Waals surface area contributed by atoms with Crippen LogP contribution in [0, 0.1) is 5.82 Å². The van der Waals surface area contributed by atoms with Crippen molar-refractivity contribution >= 4 is 5.84 Å². The molecule has 4 nitrogen and oxygen atoms in total. The fourth-order valence-electron chi connectivity index (χ4n) is 1.25. The molecule has 0 atom stereocenters. The van der Waals surface area contributed by atoms with Crippen molar-refractivity contribution in [2.24, 2.45) is 10.8 Å². The van der Waals surface area contributed by atoms with Gasteiger partial charge in [0.2, 0.25) is 0 Å². The van der Waals surface area contributed by atoms with Gasteiger partial charge in [-0.1, -0.05) is 18.2 Å². The van der Waals surface area contributed by atoms with Gasteiger partial charge in [0.25, 0.3) is 0 Å². The normalized spacial score (nSPS) is 11.6. The zero-order chi connectivity index (χ0) is 11.8. The smallest absolute Gasteiger partial charge is 0.126 e. The number of hydrogen-bond acceptors (Lipinski definition) is 3. The second-order valence-corrected chi connectivity index (χ2v) is 3.23. The highest BCUT2D eigenvalue weighted by Gasteiger charge is 2.04. The highest BCUT2D eigenvalue weighted by atomic mass is 19.1. The maximum absolute atomic E-state index is 13.3. The summed E-state index contributed by atoms with van der Waals surface area (Å²) in [6.07, 6.45) is 0.354. The molecule has 1 aromatic rings. The van der Waals surface area contributed by atoms with Gasteiger partial charge in [-0.3, -0.25) is 4.99 Å². The molecule has 3 N–H and O–H groups in total. The van der Waals surface area contributed by atoms with Crippen molar-refractivity contribution in [2.75, 3.05) is 20.3 Å². The number of halogens is 1. The summed E-state index contributed by atoms with van der Waals surface area (Å²) in [7, 11) is 1.60. The van der Waals surface area contributed by atoms with Crippen LogP contribution in [0.25, 0.3) is 0 Å². The number of hydrazine groups is 1. The average Bonchev–Trinajstić information content (AvgIpc) is 2.30. The van der Waals surface area contributed by atoms with Crippen LogP contribution in [0.5, 0.6) is 0 Å². The third-order valence-corrected chi connectivity index (χ3v) is 2.08. The number of benzene rings is 1. The van der Waals surface area contributed by atoms with Crippen LogP contribution in [0.4, 0.5) is 4.39 Å². The Bertz CT molecular complexity index is 355. The Kier molecular flexibility index (Phi) is 5.45. The van der Waals surface area contributed by atoms with E-state index in [1.54, 1.807) is 25.3 Å². The van der Waals surface area contributed by atoms with E-state index in [1.807, 2.05) is 0 Å². The van der Waals surface area contributed by atoms with E-state index in [-0.39, 0.29) is 5.82 Å². The number of nitrogens with one attached hydrogen (secondary N) is 1. The number of methoxy groups -OCH3 is 1. The lowest BCUT2D eigenvalue weighted by atomic mass is 10.1. The van der Waals surface area contributed by atoms with Crippen molar-refractivity contribution in [1.82, 2.24) is 5.43 Å². The highest BCUT2D eigenvalue weighted by molar-refractivity contribution is 5.83. The number of aliphatic imine (C=N–C) groups is 1. The summed E-state index contributed by atoms with van der Waals surface area (Å²) in [6.45, 7) is 1.02. The Labute approximate surface area is 94.3 Å². The molecular weight excluding hydrogens is 209 g/mol. The maximum atomic E-state index is 13.3. The van der Waals surface area contributed by atoms with Crippen LogP contribution in [0.15, 0.2) is 29.3 Å². The molecule has 0 spiro atoms. The zero-order valence-corrected chi connectivity index (χ0v) is 9.24. The summed E-state index contributed by atoms with van der Waals surface area (Å²) in [5, 5.41) is 0. The molecule has 0 saturated carbocycles. The molecule has 5 heteroatoms. The first-order valence-corrected chi connectivity index (χ1v) is 5.00. The molecule has 0 fully saturated rings. The van der Waals surface area contributed by atoms with E-state index in [9.17, 15) is 4.39 Å². The lowest BCUT2D eigenvalue weighted by Crippen LogP contribution is -2.32. The Hall–Kier alpha value is -1.46. The monoisotopic (exact) mass is 225 g/mol. The molecule has 1 rings (SSSR count). The molecule has 0 radical (unpaired) electrons. The van der Waals surface area contributed by atoms with E-state index in [2.05, 4.69) is 10.4 Å². The van der Waals surface area contributed by atoms with Gasteiger partial charge >= 0.3 is 0 Å². The third-order valence-electron chi connectivity index (χ3n) is 2.08. The number of rotatable bonds is 5. The van der Waals surface area contributed by atoms with Crippen LogP contribution in [-0.2, 0) is 11.2 Å². The number of hydrogen-bond donors (Lipinski definition) is 2. The minimum Gasteiger partial charge on any atom is -0.383 e. The van der Waals surface area contributed by atoms with Gasteiger partial charge in [0.15, 0.2) is 0 Å². The van der Waals surface area contributed by atoms with Crippen LogP contribution in [0.1, 0.15) is 5.56 Å². The summed E-state index contributed by atoms with van der Waals surface area (Å²) in [6, 6.07) is 6.55. The van der Waals surface area contributed by atoms with Gasteiger partial charge in [0, 0.05) is 13.5 Å². The number of ether oxygens (including phenoxy) is 1. The van der Waals surface area contributed by atoms with Crippen LogP contribution in [-0.4, -0.2) is 26.1 Å². The summed E-state index contributed by atoms with van der Waals surface area (Å²) in [5.41, 5.74) is 3.03. The predicted molar refractivity (Wildman–Crippen MR) is 61.6 cm³/mol. The lowest BCUT2D eigenvalue weighted by Gasteiger charge is -2.06. The van der Waals surface area contributed by atoms with E-state index in [1.165, 1.54) is 6.07 Å². The second kappa shape index (κ2) is 6.92. The van der Waals surface area contributed by atoms with Gasteiger partial charge in [-0.25, -0.2) is 10.2 Å². The number of nitrogens with two attached hydrogens (primary N) is 1. The van der Waals surface area contributed by atoms with Crippen LogP contribution in [0.3, 0.4) is 0 Å². The molecule has 88 valence electrons. The molecule has 0 aliphatic carbocycles. The first-order valence-electron chi connectivity index (χ1n) is 5.00. The fourth-order valence-corrected chi connectivity index (χ4v) is 1.25. The molecule has 0 saturated heterocycles. The molecular formula is C11H16FN3O. The van der Waals surface area contributed by atoms with E-state index < -0.39 is 0 Å². The van der Waals surface area contributed by atoms with Crippen LogP contribution >= 0.6 is 0 Å². The Morgan fingerprint density at radius 3 is 2.88 bits per heavy atom. The molecule has 0 heterocycles. The lowest BCUT2D eigenvalue weighted by molar-refractivity contribution is 0.208. The molecule has 1 aromatic carbocycles. The van der Waals surface area contributed by atoms with E-state index in [0.29, 0.717) is 31.0 Å². The number of nitrogens with zero attached hydrogens (tertiary/aromatic N) is 1. The quantitative estimate of drug-likeness (QED) is 0.257. The average molecular weight is 225 g/mol. The first kappa shape index (κ1) is 12.6. The van der Waals surface area contributed by atoms with Crippen molar-refractivity contribution in [2.45, 2.75) is 6.42 Å². The van der Waals surface area contributed by atoms with Crippen molar-refractivity contribution in [1.29, 1.82) is 0 Å². The molecule has 0 aromatic heterocycles. The summed E-state index contributed by atoms with van der Waals surface area (Å²) >= 11 is 0. The SMILES string of the molecule is COCCN=C(Cc1ccccc1F)NN. The Balaban J connectivity index is 2.63. The molecule has 0 aliphatic heterocycles. The molecule has 0 bridgehead atoms. The van der Waals surface area contributed by atoms with Gasteiger partial charge in [-0.05, 0) is 11.6 Å². The van der Waals surface area contributed by atoms with E-state index >= 15 is 0 Å². The molecule has 0 unspecified atom stereocenters. The Morgan fingerprint density at radius 1 is 1.50 bits per heavy atom. The highest BCUT2D eigenvalue weighted by Crippen LogP contribution is 2.07. The van der Waals surface area contributed by atoms with Crippen molar-refractivity contribution in [3.8, 4) is 0 Å². The maximum Gasteiger partial charge on any atom is 0.126 e. The van der Waals surface area contributed by atoms with Crippen molar-refractivity contribution < 1.29 is 9.13 Å². The second-order valence-electron chi connectivity index (χ2n) is 3.23. The summed E-state index contributed by atoms with van der Waals surface area (Å²) in [5.74, 6) is 5.60. The van der Waals surface area contributed by atoms with Gasteiger partial charge < -0.3 is 10.2 Å². The zero-order valence-electron chi connectivity index (χ0n) is 9.24. The minimum atomic E-state index is -0.253. The third kappa shape index (κ3) is 3.96. The largest absolute Gasteiger partial charge is 0.383 e. The summed E-state index contributed by atoms with van der Waals surface area (Å²) < 4.78 is 18.2. The Morgan fingerprint density at radius 2 is 2.25 bits per heavy atom. The fraction of sp³-hybridized carbons (Fsp3) is 0.364. The van der Waals surface area contributed by atoms with Crippen LogP contribution < -0.4 is 11.3 Å². The standard InChI is InChI=1S/C11H16FN3O/c1-16-7-6-14-11(15-13)8-9-4-2-3-5-10(9)12/h2-5H,6-8,13H2,1H3,(H,14,15). The minimum absolute atomic E-state index is 0.253. The van der Waals surface area contributed by atoms with Gasteiger partial charge in [-0.2, -0.15) is 0 Å². The van der Waals surface area contributed by atoms with Gasteiger partial charge in [0.1, 0.15) is 11.7 Å². The van der Waals surface area contributed by atoms with E-state index in [4.69, 9.17) is 10.6 Å². The van der Waals surface area contributed by atoms with Gasteiger partial charge in [0.05, 0.1) is 13.2 Å².